The minimum atomic E-state index is 0.898. The molecule has 0 heterocycles. The third-order valence-corrected chi connectivity index (χ3v) is 4.96. The summed E-state index contributed by atoms with van der Waals surface area (Å²) in [6, 6.07) is 0. The summed E-state index contributed by atoms with van der Waals surface area (Å²) in [5.74, 6) is 4.24. The predicted octanol–water partition coefficient (Wildman–Crippen LogP) is 3.84. The second-order valence-electron chi connectivity index (χ2n) is 4.93. The predicted molar refractivity (Wildman–Crippen MR) is 56.5 cm³/mol. The summed E-state index contributed by atoms with van der Waals surface area (Å²) in [7, 11) is 0. The highest BCUT2D eigenvalue weighted by atomic mass is 79.9. The van der Waals surface area contributed by atoms with Crippen molar-refractivity contribution in [1.82, 2.24) is 0 Å². The van der Waals surface area contributed by atoms with Gasteiger partial charge in [-0.1, -0.05) is 29.3 Å². The Bertz CT molecular complexity index is 155. The Morgan fingerprint density at radius 3 is 2.67 bits per heavy atom. The molecule has 2 aliphatic carbocycles. The van der Waals surface area contributed by atoms with Crippen LogP contribution in [0.5, 0.6) is 0 Å². The first-order valence-electron chi connectivity index (χ1n) is 5.35. The van der Waals surface area contributed by atoms with E-state index in [4.69, 9.17) is 0 Å². The van der Waals surface area contributed by atoms with Gasteiger partial charge in [-0.3, -0.25) is 0 Å². The lowest BCUT2D eigenvalue weighted by molar-refractivity contribution is 0.285. The molecule has 2 saturated carbocycles. The van der Waals surface area contributed by atoms with E-state index >= 15 is 0 Å². The van der Waals surface area contributed by atoms with Crippen LogP contribution in [0.2, 0.25) is 0 Å². The maximum Gasteiger partial charge on any atom is 0.00571 e. The van der Waals surface area contributed by atoms with Gasteiger partial charge in [0.1, 0.15) is 0 Å². The van der Waals surface area contributed by atoms with Crippen molar-refractivity contribution in [2.45, 2.75) is 39.0 Å². The van der Waals surface area contributed by atoms with Gasteiger partial charge in [0.2, 0.25) is 0 Å². The SMILES string of the molecule is CC(CBr)CC1CC2CCC1C2. The van der Waals surface area contributed by atoms with Gasteiger partial charge in [0.15, 0.2) is 0 Å². The smallest absolute Gasteiger partial charge is 0.00571 e. The highest BCUT2D eigenvalue weighted by Crippen LogP contribution is 2.50. The number of halogens is 1. The molecule has 0 aliphatic heterocycles. The average Bonchev–Trinajstić information content (AvgIpc) is 2.64. The van der Waals surface area contributed by atoms with E-state index in [9.17, 15) is 0 Å². The van der Waals surface area contributed by atoms with Crippen molar-refractivity contribution in [1.29, 1.82) is 0 Å². The monoisotopic (exact) mass is 230 g/mol. The summed E-state index contributed by atoms with van der Waals surface area (Å²) in [6.07, 6.45) is 7.70. The Morgan fingerprint density at radius 2 is 2.17 bits per heavy atom. The van der Waals surface area contributed by atoms with Crippen LogP contribution in [0.25, 0.3) is 0 Å². The first kappa shape index (κ1) is 9.05. The van der Waals surface area contributed by atoms with Gasteiger partial charge in [0.25, 0.3) is 0 Å². The molecule has 0 aromatic carbocycles. The van der Waals surface area contributed by atoms with Gasteiger partial charge in [-0.25, -0.2) is 0 Å². The van der Waals surface area contributed by atoms with Gasteiger partial charge in [-0.05, 0) is 49.4 Å². The summed E-state index contributed by atoms with van der Waals surface area (Å²) >= 11 is 3.58. The van der Waals surface area contributed by atoms with Crippen molar-refractivity contribution in [2.24, 2.45) is 23.7 Å². The molecular formula is C11H19Br. The lowest BCUT2D eigenvalue weighted by atomic mass is 9.83. The molecule has 0 amide bonds. The molecule has 0 aromatic rings. The van der Waals surface area contributed by atoms with E-state index in [2.05, 4.69) is 22.9 Å². The van der Waals surface area contributed by atoms with Crippen LogP contribution in [-0.2, 0) is 0 Å². The lowest BCUT2D eigenvalue weighted by Crippen LogP contribution is -2.14. The van der Waals surface area contributed by atoms with Gasteiger partial charge in [0, 0.05) is 5.33 Å². The quantitative estimate of drug-likeness (QED) is 0.647. The van der Waals surface area contributed by atoms with Gasteiger partial charge in [0.05, 0.1) is 0 Å². The molecule has 0 radical (unpaired) electrons. The zero-order valence-electron chi connectivity index (χ0n) is 7.93. The molecule has 2 aliphatic rings. The highest BCUT2D eigenvalue weighted by Gasteiger charge is 2.39. The normalized spacial score (nSPS) is 42.0. The van der Waals surface area contributed by atoms with Crippen molar-refractivity contribution in [3.05, 3.63) is 0 Å². The maximum absolute atomic E-state index is 3.58. The minimum Gasteiger partial charge on any atom is -0.0925 e. The third-order valence-electron chi connectivity index (χ3n) is 3.85. The van der Waals surface area contributed by atoms with Crippen molar-refractivity contribution in [3.63, 3.8) is 0 Å². The van der Waals surface area contributed by atoms with E-state index < -0.39 is 0 Å². The van der Waals surface area contributed by atoms with Gasteiger partial charge in [-0.15, -0.1) is 0 Å². The summed E-state index contributed by atoms with van der Waals surface area (Å²) < 4.78 is 0. The van der Waals surface area contributed by atoms with Crippen LogP contribution in [0.15, 0.2) is 0 Å². The van der Waals surface area contributed by atoms with E-state index in [1.54, 1.807) is 25.7 Å². The molecule has 2 fully saturated rings. The second-order valence-corrected chi connectivity index (χ2v) is 5.58. The Kier molecular flexibility index (Phi) is 2.78. The summed E-state index contributed by atoms with van der Waals surface area (Å²) in [5, 5.41) is 1.20. The highest BCUT2D eigenvalue weighted by molar-refractivity contribution is 9.09. The van der Waals surface area contributed by atoms with Crippen LogP contribution < -0.4 is 0 Å². The zero-order valence-corrected chi connectivity index (χ0v) is 9.52. The summed E-state index contributed by atoms with van der Waals surface area (Å²) in [4.78, 5) is 0. The van der Waals surface area contributed by atoms with Crippen LogP contribution in [0, 0.1) is 23.7 Å². The number of fused-ring (bicyclic) bond motifs is 2. The Morgan fingerprint density at radius 1 is 1.33 bits per heavy atom. The molecule has 0 nitrogen and oxygen atoms in total. The number of hydrogen-bond acceptors (Lipinski definition) is 0. The third kappa shape index (κ3) is 1.71. The van der Waals surface area contributed by atoms with Crippen LogP contribution in [0.4, 0.5) is 0 Å². The molecule has 2 bridgehead atoms. The van der Waals surface area contributed by atoms with E-state index in [0.717, 1.165) is 23.7 Å². The van der Waals surface area contributed by atoms with E-state index in [1.165, 1.54) is 11.8 Å². The Balaban J connectivity index is 1.82. The molecular weight excluding hydrogens is 212 g/mol. The van der Waals surface area contributed by atoms with Crippen LogP contribution >= 0.6 is 15.9 Å². The van der Waals surface area contributed by atoms with Crippen LogP contribution in [-0.4, -0.2) is 5.33 Å². The molecule has 0 N–H and O–H groups in total. The average molecular weight is 231 g/mol. The van der Waals surface area contributed by atoms with Crippen molar-refractivity contribution >= 4 is 15.9 Å². The van der Waals surface area contributed by atoms with Gasteiger partial charge < -0.3 is 0 Å². The number of hydrogen-bond donors (Lipinski definition) is 0. The van der Waals surface area contributed by atoms with E-state index in [-0.39, 0.29) is 0 Å². The standard InChI is InChI=1S/C11H19Br/c1-8(7-12)4-11-6-9-2-3-10(11)5-9/h8-11H,2-7H2,1H3. The summed E-state index contributed by atoms with van der Waals surface area (Å²) in [5.41, 5.74) is 0. The Hall–Kier alpha value is 0.480. The largest absolute Gasteiger partial charge is 0.0925 e. The molecule has 0 saturated heterocycles. The second kappa shape index (κ2) is 3.69. The van der Waals surface area contributed by atoms with Crippen molar-refractivity contribution < 1.29 is 0 Å². The van der Waals surface area contributed by atoms with Gasteiger partial charge in [-0.2, -0.15) is 0 Å². The van der Waals surface area contributed by atoms with E-state index in [0.29, 0.717) is 0 Å². The Labute approximate surface area is 84.2 Å². The molecule has 2 rings (SSSR count). The topological polar surface area (TPSA) is 0 Å². The lowest BCUT2D eigenvalue weighted by Gasteiger charge is -2.23. The molecule has 4 atom stereocenters. The number of alkyl halides is 1. The van der Waals surface area contributed by atoms with Crippen molar-refractivity contribution in [2.75, 3.05) is 5.33 Å². The molecule has 70 valence electrons. The molecule has 0 spiro atoms. The minimum absolute atomic E-state index is 0.898. The fourth-order valence-corrected chi connectivity index (χ4v) is 3.51. The van der Waals surface area contributed by atoms with Crippen LogP contribution in [0.3, 0.4) is 0 Å². The van der Waals surface area contributed by atoms with Crippen molar-refractivity contribution in [3.8, 4) is 0 Å². The van der Waals surface area contributed by atoms with Gasteiger partial charge >= 0.3 is 0 Å². The van der Waals surface area contributed by atoms with E-state index in [1.807, 2.05) is 0 Å². The molecule has 1 heteroatoms. The first-order valence-corrected chi connectivity index (χ1v) is 6.47. The first-order chi connectivity index (χ1) is 5.79. The maximum atomic E-state index is 3.58. The fourth-order valence-electron chi connectivity index (χ4n) is 3.24. The zero-order chi connectivity index (χ0) is 8.55. The molecule has 12 heavy (non-hydrogen) atoms. The molecule has 0 aromatic heterocycles. The van der Waals surface area contributed by atoms with Crippen LogP contribution in [0.1, 0.15) is 39.0 Å². The molecule has 4 unspecified atom stereocenters. The summed E-state index contributed by atoms with van der Waals surface area (Å²) in [6.45, 7) is 2.38. The number of rotatable bonds is 3. The fraction of sp³-hybridized carbons (Fsp3) is 1.00.